The summed E-state index contributed by atoms with van der Waals surface area (Å²) in [7, 11) is 3.44. The van der Waals surface area contributed by atoms with Crippen LogP contribution in [0.25, 0.3) is 0 Å². The van der Waals surface area contributed by atoms with Gasteiger partial charge in [0.2, 0.25) is 6.80 Å². The maximum absolute atomic E-state index is 12.2. The fourth-order valence-corrected chi connectivity index (χ4v) is 0.525. The molecule has 0 aliphatic heterocycles. The molecule has 0 heterocycles. The molecule has 0 aromatic heterocycles. The second kappa shape index (κ2) is 5.05. The molecule has 0 atom stereocenters. The normalized spacial score (nSPS) is 11.3. The Morgan fingerprint density at radius 1 is 1.58 bits per heavy atom. The lowest BCUT2D eigenvalue weighted by Crippen LogP contribution is -2.41. The van der Waals surface area contributed by atoms with Gasteiger partial charge in [0.25, 0.3) is 0 Å². The standard InChI is InChI=1S/C7H16FN2O2/c1-10(2,6-8)3-4-12-7(11)5-9/h3-6,9H2,1-2H3/q+1. The summed E-state index contributed by atoms with van der Waals surface area (Å²) in [6, 6.07) is 0. The minimum Gasteiger partial charge on any atom is -0.459 e. The maximum atomic E-state index is 12.2. The molecule has 0 bridgehead atoms. The van der Waals surface area contributed by atoms with Crippen LogP contribution in [0.5, 0.6) is 0 Å². The zero-order valence-corrected chi connectivity index (χ0v) is 7.55. The summed E-state index contributed by atoms with van der Waals surface area (Å²) >= 11 is 0. The summed E-state index contributed by atoms with van der Waals surface area (Å²) in [5.41, 5.74) is 5.00. The average molecular weight is 179 g/mol. The molecule has 0 aliphatic rings. The van der Waals surface area contributed by atoms with Gasteiger partial charge in [0, 0.05) is 0 Å². The number of nitrogens with zero attached hydrogens (tertiary/aromatic N) is 1. The highest BCUT2D eigenvalue weighted by molar-refractivity contribution is 5.71. The Labute approximate surface area is 71.7 Å². The van der Waals surface area contributed by atoms with Crippen molar-refractivity contribution in [3.8, 4) is 0 Å². The largest absolute Gasteiger partial charge is 0.459 e. The van der Waals surface area contributed by atoms with Gasteiger partial charge in [-0.1, -0.05) is 0 Å². The van der Waals surface area contributed by atoms with Crippen LogP contribution in [0.3, 0.4) is 0 Å². The van der Waals surface area contributed by atoms with E-state index in [4.69, 9.17) is 5.73 Å². The lowest BCUT2D eigenvalue weighted by Gasteiger charge is -2.25. The van der Waals surface area contributed by atoms with Gasteiger partial charge in [0.15, 0.2) is 0 Å². The van der Waals surface area contributed by atoms with Crippen LogP contribution in [0.4, 0.5) is 4.39 Å². The molecular weight excluding hydrogens is 163 g/mol. The molecule has 0 aliphatic carbocycles. The zero-order chi connectivity index (χ0) is 9.61. The quantitative estimate of drug-likeness (QED) is 0.351. The van der Waals surface area contributed by atoms with E-state index in [1.807, 2.05) is 0 Å². The predicted octanol–water partition coefficient (Wildman–Crippen LogP) is -0.508. The van der Waals surface area contributed by atoms with Crippen molar-refractivity contribution < 1.29 is 18.4 Å². The molecule has 0 saturated heterocycles. The predicted molar refractivity (Wildman–Crippen MR) is 43.0 cm³/mol. The van der Waals surface area contributed by atoms with Gasteiger partial charge in [-0.25, -0.2) is 0 Å². The number of rotatable bonds is 5. The first kappa shape index (κ1) is 11.3. The second-order valence-electron chi connectivity index (χ2n) is 3.20. The summed E-state index contributed by atoms with van der Waals surface area (Å²) in [5, 5.41) is 0. The Morgan fingerprint density at radius 3 is 2.58 bits per heavy atom. The number of hydrogen-bond donors (Lipinski definition) is 1. The molecule has 4 nitrogen and oxygen atoms in total. The molecule has 72 valence electrons. The highest BCUT2D eigenvalue weighted by Crippen LogP contribution is 1.96. The smallest absolute Gasteiger partial charge is 0.319 e. The molecule has 12 heavy (non-hydrogen) atoms. The van der Waals surface area contributed by atoms with Crippen molar-refractivity contribution in [1.82, 2.24) is 0 Å². The third-order valence-electron chi connectivity index (χ3n) is 1.45. The summed E-state index contributed by atoms with van der Waals surface area (Å²) in [4.78, 5) is 10.5. The van der Waals surface area contributed by atoms with E-state index in [-0.39, 0.29) is 17.6 Å². The van der Waals surface area contributed by atoms with Crippen molar-refractivity contribution in [2.75, 3.05) is 40.6 Å². The summed E-state index contributed by atoms with van der Waals surface area (Å²) < 4.78 is 17.1. The summed E-state index contributed by atoms with van der Waals surface area (Å²) in [6.07, 6.45) is 0. The van der Waals surface area contributed by atoms with E-state index < -0.39 is 12.8 Å². The number of likely N-dealkylation sites (N-methyl/N-ethyl adjacent to an activating group) is 1. The molecule has 5 heteroatoms. The van der Waals surface area contributed by atoms with Crippen LogP contribution in [-0.2, 0) is 9.53 Å². The van der Waals surface area contributed by atoms with Gasteiger partial charge >= 0.3 is 5.97 Å². The number of quaternary nitrogens is 1. The van der Waals surface area contributed by atoms with Gasteiger partial charge in [-0.15, -0.1) is 0 Å². The highest BCUT2D eigenvalue weighted by Gasteiger charge is 2.14. The molecule has 0 aromatic rings. The molecule has 0 amide bonds. The molecule has 0 saturated carbocycles. The van der Waals surface area contributed by atoms with Gasteiger partial charge in [0.05, 0.1) is 20.6 Å². The lowest BCUT2D eigenvalue weighted by atomic mass is 10.5. The molecule has 2 N–H and O–H groups in total. The number of hydrogen-bond acceptors (Lipinski definition) is 3. The van der Waals surface area contributed by atoms with Crippen molar-refractivity contribution >= 4 is 5.97 Å². The van der Waals surface area contributed by atoms with Crippen molar-refractivity contribution in [2.45, 2.75) is 0 Å². The number of halogens is 1. The minimum absolute atomic E-state index is 0.122. The number of esters is 1. The van der Waals surface area contributed by atoms with Gasteiger partial charge in [-0.05, 0) is 0 Å². The van der Waals surface area contributed by atoms with Gasteiger partial charge in [-0.2, -0.15) is 4.39 Å². The van der Waals surface area contributed by atoms with Crippen LogP contribution in [0.1, 0.15) is 0 Å². The number of carbonyl (C=O) groups is 1. The minimum atomic E-state index is -0.472. The Bertz CT molecular complexity index is 150. The number of alkyl halides is 1. The first-order valence-corrected chi connectivity index (χ1v) is 3.75. The molecule has 0 aromatic carbocycles. The lowest BCUT2D eigenvalue weighted by molar-refractivity contribution is -0.902. The first-order valence-electron chi connectivity index (χ1n) is 3.75. The number of nitrogens with two attached hydrogens (primary N) is 1. The van der Waals surface area contributed by atoms with E-state index in [9.17, 15) is 9.18 Å². The summed E-state index contributed by atoms with van der Waals surface area (Å²) in [5.74, 6) is -0.450. The van der Waals surface area contributed by atoms with E-state index in [0.717, 1.165) is 0 Å². The van der Waals surface area contributed by atoms with Crippen LogP contribution in [0.2, 0.25) is 0 Å². The Kier molecular flexibility index (Phi) is 4.77. The molecule has 0 spiro atoms. The van der Waals surface area contributed by atoms with E-state index in [1.54, 1.807) is 14.1 Å². The van der Waals surface area contributed by atoms with Crippen LogP contribution in [-0.4, -0.2) is 51.0 Å². The van der Waals surface area contributed by atoms with E-state index >= 15 is 0 Å². The Morgan fingerprint density at radius 2 is 2.17 bits per heavy atom. The molecular formula is C7H16FN2O2+. The van der Waals surface area contributed by atoms with Crippen molar-refractivity contribution in [1.29, 1.82) is 0 Å². The SMILES string of the molecule is C[N+](C)(CF)CCOC(=O)CN. The monoisotopic (exact) mass is 179 g/mol. The first-order chi connectivity index (χ1) is 5.52. The van der Waals surface area contributed by atoms with Crippen LogP contribution in [0, 0.1) is 0 Å². The fourth-order valence-electron chi connectivity index (χ4n) is 0.525. The van der Waals surface area contributed by atoms with Crippen LogP contribution in [0.15, 0.2) is 0 Å². The molecule has 0 fully saturated rings. The molecule has 0 unspecified atom stereocenters. The third kappa shape index (κ3) is 5.03. The van der Waals surface area contributed by atoms with Crippen LogP contribution < -0.4 is 5.73 Å². The number of ether oxygens (including phenoxy) is 1. The van der Waals surface area contributed by atoms with Gasteiger partial charge in [-0.3, -0.25) is 9.28 Å². The van der Waals surface area contributed by atoms with Crippen LogP contribution >= 0.6 is 0 Å². The van der Waals surface area contributed by atoms with Crippen molar-refractivity contribution in [2.24, 2.45) is 5.73 Å². The summed E-state index contributed by atoms with van der Waals surface area (Å²) in [6.45, 7) is 0.0818. The third-order valence-corrected chi connectivity index (χ3v) is 1.45. The Balaban J connectivity index is 3.49. The maximum Gasteiger partial charge on any atom is 0.319 e. The number of carbonyl (C=O) groups excluding carboxylic acids is 1. The van der Waals surface area contributed by atoms with Crippen molar-refractivity contribution in [3.05, 3.63) is 0 Å². The second-order valence-corrected chi connectivity index (χ2v) is 3.20. The molecule has 0 rings (SSSR count). The van der Waals surface area contributed by atoms with E-state index in [2.05, 4.69) is 4.74 Å². The zero-order valence-electron chi connectivity index (χ0n) is 7.55. The van der Waals surface area contributed by atoms with E-state index in [0.29, 0.717) is 6.54 Å². The highest BCUT2D eigenvalue weighted by atomic mass is 19.1. The Hall–Kier alpha value is -0.680. The van der Waals surface area contributed by atoms with Gasteiger partial charge < -0.3 is 10.5 Å². The fraction of sp³-hybridized carbons (Fsp3) is 0.857. The van der Waals surface area contributed by atoms with Crippen molar-refractivity contribution in [3.63, 3.8) is 0 Å². The van der Waals surface area contributed by atoms with E-state index in [1.165, 1.54) is 0 Å². The van der Waals surface area contributed by atoms with Gasteiger partial charge in [0.1, 0.15) is 13.2 Å². The molecule has 0 radical (unpaired) electrons. The topological polar surface area (TPSA) is 52.3 Å². The average Bonchev–Trinajstić information content (AvgIpc) is 2.04.